The van der Waals surface area contributed by atoms with Gasteiger partial charge in [0.05, 0.1) is 43.0 Å². The molecule has 0 spiro atoms. The number of nitro groups is 2. The van der Waals surface area contributed by atoms with Crippen molar-refractivity contribution in [2.45, 2.75) is 91.4 Å². The number of nitro benzene ring substituents is 2. The van der Waals surface area contributed by atoms with Gasteiger partial charge in [0.25, 0.3) is 11.4 Å². The number of aliphatic carboxylic acids is 1. The summed E-state index contributed by atoms with van der Waals surface area (Å²) >= 11 is 0. The van der Waals surface area contributed by atoms with Crippen molar-refractivity contribution in [3.05, 3.63) is 79.9 Å². The van der Waals surface area contributed by atoms with E-state index in [2.05, 4.69) is 26.6 Å². The second kappa shape index (κ2) is 26.8. The topological polar surface area (TPSA) is 288 Å². The van der Waals surface area contributed by atoms with Gasteiger partial charge in [-0.25, -0.2) is 9.59 Å². The molecule has 20 heteroatoms. The Morgan fingerprint density at radius 2 is 1.14 bits per heavy atom. The molecule has 0 bridgehead atoms. The summed E-state index contributed by atoms with van der Waals surface area (Å²) < 4.78 is 9.72. The molecule has 6 unspecified atom stereocenters. The molecule has 3 rings (SSSR count). The van der Waals surface area contributed by atoms with Gasteiger partial charge in [-0.05, 0) is 36.8 Å². The molecule has 1 aliphatic heterocycles. The highest BCUT2D eigenvalue weighted by Crippen LogP contribution is 2.15. The molecule has 6 N–H and O–H groups in total. The zero-order valence-corrected chi connectivity index (χ0v) is 34.5. The number of carboxylic acids is 1. The maximum Gasteiger partial charge on any atom is 0.328 e. The van der Waals surface area contributed by atoms with Gasteiger partial charge in [0.1, 0.15) is 24.2 Å². The van der Waals surface area contributed by atoms with Crippen molar-refractivity contribution in [2.75, 3.05) is 33.4 Å². The van der Waals surface area contributed by atoms with E-state index in [0.29, 0.717) is 24.0 Å². The van der Waals surface area contributed by atoms with E-state index in [1.807, 2.05) is 20.8 Å². The van der Waals surface area contributed by atoms with Gasteiger partial charge in [-0.1, -0.05) is 64.8 Å². The number of benzene rings is 2. The van der Waals surface area contributed by atoms with E-state index in [-0.39, 0.29) is 36.1 Å². The lowest BCUT2D eigenvalue weighted by atomic mass is 9.99. The standard InChI is InChI=1S/C18H25N3O6.C17H23N3O6.C4H9NO/c1-5-11(2)16(18(24)27-4)20-17(23)12(3)19-15(22)10-13-7-6-8-14(9-13)21(25)26;1-4-10(2)15(17(23)24)19-16(22)11(3)18-14(21)9-12-6-5-7-13(8-12)20(25)26;1-3-6-4-2-5-1/h6-9,11-12,16H,5,10H2,1-4H3,(H,19,22)(H,20,23);5-8,10-11,15H,4,9H2,1-3H3,(H,18,21)(H,19,22)(H,23,24);5H,1-4H2. The minimum absolute atomic E-state index is 0.106. The van der Waals surface area contributed by atoms with Crippen LogP contribution in [0, 0.1) is 32.1 Å². The van der Waals surface area contributed by atoms with Crippen LogP contribution in [0.2, 0.25) is 0 Å². The summed E-state index contributed by atoms with van der Waals surface area (Å²) in [5.74, 6) is -4.16. The monoisotopic (exact) mass is 831 g/mol. The molecule has 1 heterocycles. The van der Waals surface area contributed by atoms with Crippen LogP contribution in [0.25, 0.3) is 0 Å². The van der Waals surface area contributed by atoms with Crippen LogP contribution in [0.15, 0.2) is 48.5 Å². The van der Waals surface area contributed by atoms with Crippen LogP contribution < -0.4 is 26.6 Å². The fourth-order valence-corrected chi connectivity index (χ4v) is 5.20. The lowest BCUT2D eigenvalue weighted by Crippen LogP contribution is -2.52. The summed E-state index contributed by atoms with van der Waals surface area (Å²) in [6.07, 6.45) is 0.996. The van der Waals surface area contributed by atoms with Gasteiger partial charge in [-0.2, -0.15) is 0 Å². The van der Waals surface area contributed by atoms with Crippen molar-refractivity contribution >= 4 is 46.9 Å². The Balaban J connectivity index is 0.000000515. The number of morpholine rings is 1. The highest BCUT2D eigenvalue weighted by atomic mass is 16.6. The number of carboxylic acid groups (broad SMARTS) is 1. The smallest absolute Gasteiger partial charge is 0.328 e. The fraction of sp³-hybridized carbons (Fsp3) is 0.538. The van der Waals surface area contributed by atoms with Gasteiger partial charge < -0.3 is 41.2 Å². The summed E-state index contributed by atoms with van der Waals surface area (Å²) in [7, 11) is 1.24. The summed E-state index contributed by atoms with van der Waals surface area (Å²) in [5, 5.41) is 43.9. The van der Waals surface area contributed by atoms with Crippen LogP contribution in [-0.2, 0) is 51.1 Å². The Hall–Kier alpha value is -6.02. The number of esters is 1. The van der Waals surface area contributed by atoms with E-state index in [4.69, 9.17) is 9.47 Å². The number of nitrogens with zero attached hydrogens (tertiary/aromatic N) is 2. The van der Waals surface area contributed by atoms with Gasteiger partial charge in [0.15, 0.2) is 0 Å². The third-order valence-electron chi connectivity index (χ3n) is 9.10. The van der Waals surface area contributed by atoms with Crippen LogP contribution in [0.4, 0.5) is 11.4 Å². The van der Waals surface area contributed by atoms with Crippen molar-refractivity contribution in [2.24, 2.45) is 11.8 Å². The van der Waals surface area contributed by atoms with Crippen LogP contribution in [0.5, 0.6) is 0 Å². The number of rotatable bonds is 18. The number of non-ortho nitro benzene ring substituents is 2. The van der Waals surface area contributed by atoms with Crippen molar-refractivity contribution in [1.29, 1.82) is 0 Å². The Bertz CT molecular complexity index is 1730. The number of hydrogen-bond donors (Lipinski definition) is 6. The Labute approximate surface area is 342 Å². The van der Waals surface area contributed by atoms with E-state index < -0.39 is 69.6 Å². The number of nitrogens with one attached hydrogen (secondary N) is 5. The second-order valence-corrected chi connectivity index (χ2v) is 13.8. The lowest BCUT2D eigenvalue weighted by molar-refractivity contribution is -0.385. The number of carbonyl (C=O) groups excluding carboxylic acids is 5. The molecule has 2 aromatic carbocycles. The van der Waals surface area contributed by atoms with Crippen LogP contribution in [0.1, 0.15) is 65.5 Å². The minimum Gasteiger partial charge on any atom is -0.480 e. The molecule has 0 aromatic heterocycles. The second-order valence-electron chi connectivity index (χ2n) is 13.8. The lowest BCUT2D eigenvalue weighted by Gasteiger charge is -2.24. The van der Waals surface area contributed by atoms with E-state index in [9.17, 15) is 54.1 Å². The molecular formula is C39H57N7O13. The third kappa shape index (κ3) is 19.3. The molecule has 59 heavy (non-hydrogen) atoms. The van der Waals surface area contributed by atoms with Crippen molar-refractivity contribution in [3.63, 3.8) is 0 Å². The van der Waals surface area contributed by atoms with Gasteiger partial charge in [0, 0.05) is 37.4 Å². The Morgan fingerprint density at radius 1 is 0.729 bits per heavy atom. The average Bonchev–Trinajstić information content (AvgIpc) is 3.21. The summed E-state index contributed by atoms with van der Waals surface area (Å²) in [4.78, 5) is 92.1. The first kappa shape index (κ1) is 51.0. The van der Waals surface area contributed by atoms with E-state index in [0.717, 1.165) is 26.3 Å². The van der Waals surface area contributed by atoms with Crippen LogP contribution >= 0.6 is 0 Å². The van der Waals surface area contributed by atoms with Gasteiger partial charge in [-0.15, -0.1) is 0 Å². The summed E-state index contributed by atoms with van der Waals surface area (Å²) in [6.45, 7) is 14.0. The van der Waals surface area contributed by atoms with E-state index in [1.165, 1.54) is 57.4 Å². The minimum atomic E-state index is -1.14. The zero-order chi connectivity index (χ0) is 44.7. The molecule has 2 aromatic rings. The number of hydrogen-bond acceptors (Lipinski definition) is 13. The average molecular weight is 832 g/mol. The van der Waals surface area contributed by atoms with Gasteiger partial charge in [0.2, 0.25) is 23.6 Å². The Morgan fingerprint density at radius 3 is 1.46 bits per heavy atom. The van der Waals surface area contributed by atoms with Gasteiger partial charge in [-0.3, -0.25) is 39.4 Å². The predicted molar refractivity (Wildman–Crippen MR) is 215 cm³/mol. The first-order chi connectivity index (χ1) is 27.8. The molecule has 1 saturated heterocycles. The van der Waals surface area contributed by atoms with Crippen molar-refractivity contribution < 1.29 is 53.2 Å². The number of methoxy groups -OCH3 is 1. The molecular weight excluding hydrogens is 774 g/mol. The zero-order valence-electron chi connectivity index (χ0n) is 34.5. The molecule has 20 nitrogen and oxygen atoms in total. The van der Waals surface area contributed by atoms with Crippen molar-refractivity contribution in [3.8, 4) is 0 Å². The number of ether oxygens (including phenoxy) is 2. The summed E-state index contributed by atoms with van der Waals surface area (Å²) in [6, 6.07) is 7.71. The van der Waals surface area contributed by atoms with Crippen LogP contribution in [-0.4, -0.2) is 108 Å². The number of amides is 4. The van der Waals surface area contributed by atoms with Crippen molar-refractivity contribution in [1.82, 2.24) is 26.6 Å². The van der Waals surface area contributed by atoms with E-state index >= 15 is 0 Å². The molecule has 1 fully saturated rings. The summed E-state index contributed by atoms with van der Waals surface area (Å²) in [5.41, 5.74) is 0.660. The Kier molecular flexibility index (Phi) is 23.2. The first-order valence-electron chi connectivity index (χ1n) is 19.1. The largest absolute Gasteiger partial charge is 0.480 e. The van der Waals surface area contributed by atoms with Gasteiger partial charge >= 0.3 is 11.9 Å². The van der Waals surface area contributed by atoms with E-state index in [1.54, 1.807) is 19.1 Å². The predicted octanol–water partition coefficient (Wildman–Crippen LogP) is 2.21. The maximum absolute atomic E-state index is 12.3. The SMILES string of the molecule is C1COCCN1.CCC(C)C(NC(=O)C(C)NC(=O)Cc1cccc([N+](=O)[O-])c1)C(=O)O.CCC(C)C(NC(=O)C(C)NC(=O)Cc1cccc([N+](=O)[O-])c1)C(=O)OC. The maximum atomic E-state index is 12.3. The molecule has 326 valence electrons. The number of carbonyl (C=O) groups is 6. The normalized spacial score (nSPS) is 14.9. The quantitative estimate of drug-likeness (QED) is 0.0714. The fourth-order valence-electron chi connectivity index (χ4n) is 5.20. The molecule has 0 saturated carbocycles. The molecule has 6 atom stereocenters. The third-order valence-corrected chi connectivity index (χ3v) is 9.10. The molecule has 4 amide bonds. The first-order valence-corrected chi connectivity index (χ1v) is 19.1. The highest BCUT2D eigenvalue weighted by Gasteiger charge is 2.30. The highest BCUT2D eigenvalue weighted by molar-refractivity contribution is 5.91. The molecule has 0 radical (unpaired) electrons. The molecule has 0 aliphatic carbocycles. The van der Waals surface area contributed by atoms with Crippen LogP contribution in [0.3, 0.4) is 0 Å². The molecule has 1 aliphatic rings.